The first kappa shape index (κ1) is 21.7. The maximum absolute atomic E-state index is 12.4. The Morgan fingerprint density at radius 3 is 2.65 bits per heavy atom. The number of nitriles is 1. The van der Waals surface area contributed by atoms with E-state index in [0.717, 1.165) is 17.7 Å². The summed E-state index contributed by atoms with van der Waals surface area (Å²) in [6.07, 6.45) is 0.790. The first-order valence-corrected chi connectivity index (χ1v) is 9.80. The fourth-order valence-electron chi connectivity index (χ4n) is 3.24. The van der Waals surface area contributed by atoms with E-state index in [4.69, 9.17) is 0 Å². The molecule has 0 radical (unpaired) electrons. The van der Waals surface area contributed by atoms with Crippen molar-refractivity contribution in [1.82, 2.24) is 14.9 Å². The monoisotopic (exact) mass is 417 g/mol. The molecule has 1 amide bonds. The summed E-state index contributed by atoms with van der Waals surface area (Å²) in [5.74, 6) is -0.546. The van der Waals surface area contributed by atoms with Gasteiger partial charge in [0.1, 0.15) is 17.4 Å². The number of nitrogens with zero attached hydrogens (tertiary/aromatic N) is 3. The van der Waals surface area contributed by atoms with Gasteiger partial charge in [0, 0.05) is 5.69 Å². The first-order valence-electron chi connectivity index (χ1n) is 9.80. The van der Waals surface area contributed by atoms with Crippen LogP contribution in [0.4, 0.5) is 5.69 Å². The van der Waals surface area contributed by atoms with Crippen LogP contribution in [-0.2, 0) is 11.2 Å². The molecule has 158 valence electrons. The number of aliphatic hydroxyl groups is 1. The number of carbonyl (C=O) groups is 1. The van der Waals surface area contributed by atoms with Crippen molar-refractivity contribution in [2.75, 3.05) is 25.5 Å². The summed E-state index contributed by atoms with van der Waals surface area (Å²) in [6.45, 7) is 1.94. The van der Waals surface area contributed by atoms with Gasteiger partial charge in [-0.1, -0.05) is 37.3 Å². The zero-order valence-electron chi connectivity index (χ0n) is 17.3. The van der Waals surface area contributed by atoms with Gasteiger partial charge in [-0.25, -0.2) is 4.98 Å². The number of aryl methyl sites for hydroxylation is 1. The Bertz CT molecular complexity index is 1240. The van der Waals surface area contributed by atoms with E-state index in [2.05, 4.69) is 15.3 Å². The van der Waals surface area contributed by atoms with Gasteiger partial charge in [-0.3, -0.25) is 14.5 Å². The second-order valence-corrected chi connectivity index (χ2v) is 7.10. The summed E-state index contributed by atoms with van der Waals surface area (Å²) in [7, 11) is 1.65. The van der Waals surface area contributed by atoms with E-state index < -0.39 is 5.56 Å². The number of allylic oxidation sites excluding steroid dienone is 1. The molecule has 8 nitrogen and oxygen atoms in total. The van der Waals surface area contributed by atoms with Crippen molar-refractivity contribution in [3.8, 4) is 6.07 Å². The van der Waals surface area contributed by atoms with Crippen molar-refractivity contribution < 1.29 is 9.90 Å². The number of fused-ring (bicyclic) bond motifs is 1. The zero-order valence-corrected chi connectivity index (χ0v) is 17.3. The van der Waals surface area contributed by atoms with Gasteiger partial charge >= 0.3 is 0 Å². The molecule has 0 atom stereocenters. The maximum atomic E-state index is 12.4. The van der Waals surface area contributed by atoms with E-state index in [1.807, 2.05) is 37.3 Å². The number of amides is 1. The van der Waals surface area contributed by atoms with Crippen LogP contribution in [0.1, 0.15) is 18.3 Å². The van der Waals surface area contributed by atoms with Gasteiger partial charge in [-0.15, -0.1) is 0 Å². The second kappa shape index (κ2) is 9.69. The van der Waals surface area contributed by atoms with Crippen LogP contribution in [0.3, 0.4) is 0 Å². The molecule has 0 bridgehead atoms. The third kappa shape index (κ3) is 5.15. The van der Waals surface area contributed by atoms with Crippen molar-refractivity contribution in [2.45, 2.75) is 13.3 Å². The summed E-state index contributed by atoms with van der Waals surface area (Å²) in [6, 6.07) is 16.2. The summed E-state index contributed by atoms with van der Waals surface area (Å²) in [4.78, 5) is 33.0. The molecule has 3 rings (SSSR count). The molecule has 3 aromatic rings. The van der Waals surface area contributed by atoms with Crippen LogP contribution in [0, 0.1) is 11.3 Å². The minimum Gasteiger partial charge on any atom is -0.509 e. The minimum atomic E-state index is -0.400. The lowest BCUT2D eigenvalue weighted by Crippen LogP contribution is -2.32. The zero-order chi connectivity index (χ0) is 22.4. The fourth-order valence-corrected chi connectivity index (χ4v) is 3.24. The Morgan fingerprint density at radius 2 is 1.90 bits per heavy atom. The van der Waals surface area contributed by atoms with E-state index >= 15 is 0 Å². The Kier molecular flexibility index (Phi) is 6.80. The summed E-state index contributed by atoms with van der Waals surface area (Å²) in [5, 5.41) is 23.3. The smallest absolute Gasteiger partial charge is 0.259 e. The lowest BCUT2D eigenvalue weighted by molar-refractivity contribution is -0.117. The Labute approximate surface area is 179 Å². The fraction of sp³-hybridized carbons (Fsp3) is 0.217. The molecule has 0 fully saturated rings. The number of rotatable bonds is 7. The third-order valence-corrected chi connectivity index (χ3v) is 4.76. The van der Waals surface area contributed by atoms with Gasteiger partial charge < -0.3 is 15.4 Å². The van der Waals surface area contributed by atoms with Gasteiger partial charge in [0.2, 0.25) is 5.91 Å². The average Bonchev–Trinajstić information content (AvgIpc) is 2.74. The molecule has 0 unspecified atom stereocenters. The quantitative estimate of drug-likeness (QED) is 0.401. The topological polar surface area (TPSA) is 122 Å². The normalized spacial score (nSPS) is 11.8. The Hall–Kier alpha value is -3.96. The van der Waals surface area contributed by atoms with E-state index in [1.54, 1.807) is 36.2 Å². The van der Waals surface area contributed by atoms with Gasteiger partial charge in [-0.2, -0.15) is 5.26 Å². The van der Waals surface area contributed by atoms with E-state index in [-0.39, 0.29) is 36.2 Å². The van der Waals surface area contributed by atoms with Crippen LogP contribution in [0.25, 0.3) is 16.5 Å². The maximum Gasteiger partial charge on any atom is 0.259 e. The highest BCUT2D eigenvalue weighted by Gasteiger charge is 2.16. The van der Waals surface area contributed by atoms with Crippen LogP contribution in [0.5, 0.6) is 0 Å². The van der Waals surface area contributed by atoms with Crippen molar-refractivity contribution in [1.29, 1.82) is 5.26 Å². The van der Waals surface area contributed by atoms with Crippen molar-refractivity contribution in [3.63, 3.8) is 0 Å². The van der Waals surface area contributed by atoms with E-state index in [9.17, 15) is 20.0 Å². The molecular weight excluding hydrogens is 394 g/mol. The van der Waals surface area contributed by atoms with Crippen LogP contribution >= 0.6 is 0 Å². The lowest BCUT2D eigenvalue weighted by Gasteiger charge is -2.17. The molecule has 1 heterocycles. The molecule has 31 heavy (non-hydrogen) atoms. The number of anilines is 1. The standard InChI is InChI=1S/C23H23N5O3/c1-3-15-8-4-6-10-18(15)25-21(30)14-28(2)13-20(29)17(12-24)22-26-19-11-7-5-9-16(19)23(31)27-22/h4-11,29H,3,13-14H2,1-2H3,(H,25,30)(H,26,27,31)/b20-17-. The second-order valence-electron chi connectivity index (χ2n) is 7.10. The number of para-hydroxylation sites is 2. The number of benzene rings is 2. The molecule has 2 aromatic carbocycles. The van der Waals surface area contributed by atoms with E-state index in [1.165, 1.54) is 0 Å². The van der Waals surface area contributed by atoms with Gasteiger partial charge in [-0.05, 0) is 37.2 Å². The number of aliphatic hydroxyl groups excluding tert-OH is 1. The molecular formula is C23H23N5O3. The van der Waals surface area contributed by atoms with E-state index in [0.29, 0.717) is 10.9 Å². The van der Waals surface area contributed by atoms with Gasteiger partial charge in [0.15, 0.2) is 5.82 Å². The number of aromatic amines is 1. The Morgan fingerprint density at radius 1 is 1.19 bits per heavy atom. The van der Waals surface area contributed by atoms with Crippen LogP contribution in [-0.4, -0.2) is 46.0 Å². The molecule has 0 aliphatic rings. The molecule has 0 aliphatic heterocycles. The number of aromatic nitrogens is 2. The SMILES string of the molecule is CCc1ccccc1NC(=O)CN(C)C/C(O)=C(\C#N)c1nc2ccccc2c(=O)[nH]1. The number of H-pyrrole nitrogens is 1. The number of hydrogen-bond donors (Lipinski definition) is 3. The molecule has 3 N–H and O–H groups in total. The minimum absolute atomic E-state index is 0.00247. The number of hydrogen-bond acceptors (Lipinski definition) is 6. The molecule has 8 heteroatoms. The van der Waals surface area contributed by atoms with Crippen LogP contribution in [0.15, 0.2) is 59.1 Å². The molecule has 0 saturated carbocycles. The molecule has 1 aromatic heterocycles. The van der Waals surface area contributed by atoms with Crippen molar-refractivity contribution in [3.05, 3.63) is 76.0 Å². The molecule has 0 spiro atoms. The number of carbonyl (C=O) groups excluding carboxylic acids is 1. The third-order valence-electron chi connectivity index (χ3n) is 4.76. The lowest BCUT2D eigenvalue weighted by atomic mass is 10.1. The number of nitrogens with one attached hydrogen (secondary N) is 2. The number of likely N-dealkylation sites (N-methyl/N-ethyl adjacent to an activating group) is 1. The predicted molar refractivity (Wildman–Crippen MR) is 119 cm³/mol. The Balaban J connectivity index is 1.75. The highest BCUT2D eigenvalue weighted by atomic mass is 16.3. The summed E-state index contributed by atoms with van der Waals surface area (Å²) < 4.78 is 0. The summed E-state index contributed by atoms with van der Waals surface area (Å²) >= 11 is 0. The first-order chi connectivity index (χ1) is 14.9. The van der Waals surface area contributed by atoms with Crippen molar-refractivity contribution in [2.24, 2.45) is 0 Å². The van der Waals surface area contributed by atoms with Crippen LogP contribution < -0.4 is 10.9 Å². The molecule has 0 aliphatic carbocycles. The highest BCUT2D eigenvalue weighted by Crippen LogP contribution is 2.17. The van der Waals surface area contributed by atoms with Gasteiger partial charge in [0.25, 0.3) is 5.56 Å². The van der Waals surface area contributed by atoms with Crippen LogP contribution in [0.2, 0.25) is 0 Å². The highest BCUT2D eigenvalue weighted by molar-refractivity contribution is 5.93. The predicted octanol–water partition coefficient (Wildman–Crippen LogP) is 2.85. The summed E-state index contributed by atoms with van der Waals surface area (Å²) in [5.41, 5.74) is 1.65. The van der Waals surface area contributed by atoms with Gasteiger partial charge in [0.05, 0.1) is 24.0 Å². The largest absolute Gasteiger partial charge is 0.509 e. The van der Waals surface area contributed by atoms with Crippen molar-refractivity contribution >= 4 is 28.1 Å². The molecule has 0 saturated heterocycles. The average molecular weight is 417 g/mol.